The van der Waals surface area contributed by atoms with Crippen LogP contribution in [-0.4, -0.2) is 77.3 Å². The van der Waals surface area contributed by atoms with Crippen LogP contribution in [0.5, 0.6) is 11.5 Å². The monoisotopic (exact) mass is 552 g/mol. The number of nitrogens with zero attached hydrogens (tertiary/aromatic N) is 2. The number of aliphatic hydroxyl groups excluding tert-OH is 1. The quantitative estimate of drug-likeness (QED) is 0.336. The Kier molecular flexibility index (Phi) is 10.8. The molecule has 2 aliphatic heterocycles. The molecule has 0 bridgehead atoms. The highest BCUT2D eigenvalue weighted by molar-refractivity contribution is 5.79. The molecule has 0 saturated carbocycles. The Morgan fingerprint density at radius 3 is 2.55 bits per heavy atom. The Labute approximate surface area is 237 Å². The first-order valence-electron chi connectivity index (χ1n) is 14.8. The van der Waals surface area contributed by atoms with Crippen molar-refractivity contribution in [1.29, 1.82) is 0 Å². The van der Waals surface area contributed by atoms with Gasteiger partial charge in [0.25, 0.3) is 0 Å². The molecule has 40 heavy (non-hydrogen) atoms. The highest BCUT2D eigenvalue weighted by Gasteiger charge is 2.47. The molecular weight excluding hydrogens is 508 g/mol. The molecule has 8 nitrogen and oxygen atoms in total. The van der Waals surface area contributed by atoms with Crippen molar-refractivity contribution in [1.82, 2.24) is 9.80 Å². The second kappa shape index (κ2) is 14.5. The summed E-state index contributed by atoms with van der Waals surface area (Å²) in [5.74, 6) is -0.249. The summed E-state index contributed by atoms with van der Waals surface area (Å²) in [6.07, 6.45) is 5.21. The van der Waals surface area contributed by atoms with Gasteiger partial charge in [-0.25, -0.2) is 0 Å². The number of unbranched alkanes of at least 4 members (excludes halogenated alkanes) is 2. The van der Waals surface area contributed by atoms with E-state index in [1.807, 2.05) is 41.3 Å². The zero-order valence-corrected chi connectivity index (χ0v) is 23.9. The Balaban J connectivity index is 1.57. The number of benzene rings is 2. The molecule has 2 aromatic rings. The van der Waals surface area contributed by atoms with Crippen LogP contribution >= 0.6 is 0 Å². The van der Waals surface area contributed by atoms with Crippen molar-refractivity contribution in [3.63, 3.8) is 0 Å². The summed E-state index contributed by atoms with van der Waals surface area (Å²) in [7, 11) is 0. The largest absolute Gasteiger partial charge is 0.493 e. The molecule has 0 aromatic heterocycles. The van der Waals surface area contributed by atoms with Crippen LogP contribution in [0.25, 0.3) is 0 Å². The van der Waals surface area contributed by atoms with E-state index in [0.29, 0.717) is 30.9 Å². The predicted molar refractivity (Wildman–Crippen MR) is 154 cm³/mol. The third-order valence-corrected chi connectivity index (χ3v) is 8.24. The number of carbonyl (C=O) groups is 2. The number of aliphatic carboxylic acids is 1. The topological polar surface area (TPSA) is 99.5 Å². The molecule has 8 heteroatoms. The van der Waals surface area contributed by atoms with Crippen molar-refractivity contribution in [2.24, 2.45) is 5.92 Å². The lowest BCUT2D eigenvalue weighted by molar-refractivity contribution is -0.144. The van der Waals surface area contributed by atoms with Crippen LogP contribution in [0.3, 0.4) is 0 Å². The molecule has 1 amide bonds. The van der Waals surface area contributed by atoms with Gasteiger partial charge in [-0.1, -0.05) is 57.0 Å². The number of carboxylic acid groups (broad SMARTS) is 1. The third kappa shape index (κ3) is 7.15. The van der Waals surface area contributed by atoms with Crippen LogP contribution in [0.2, 0.25) is 0 Å². The van der Waals surface area contributed by atoms with Gasteiger partial charge in [-0.2, -0.15) is 0 Å². The van der Waals surface area contributed by atoms with Crippen LogP contribution in [0.4, 0.5) is 0 Å². The van der Waals surface area contributed by atoms with Gasteiger partial charge < -0.3 is 24.6 Å². The van der Waals surface area contributed by atoms with Gasteiger partial charge >= 0.3 is 5.97 Å². The number of amides is 1. The Bertz CT molecular complexity index is 1130. The van der Waals surface area contributed by atoms with E-state index in [4.69, 9.17) is 9.47 Å². The summed E-state index contributed by atoms with van der Waals surface area (Å²) in [6, 6.07) is 13.0. The second-order valence-corrected chi connectivity index (χ2v) is 10.9. The van der Waals surface area contributed by atoms with Crippen molar-refractivity contribution in [3.05, 3.63) is 59.2 Å². The number of rotatable bonds is 15. The molecule has 0 spiro atoms. The van der Waals surface area contributed by atoms with Crippen molar-refractivity contribution in [2.45, 2.75) is 70.9 Å². The van der Waals surface area contributed by atoms with E-state index < -0.39 is 11.9 Å². The van der Waals surface area contributed by atoms with Crippen LogP contribution in [-0.2, 0) is 22.6 Å². The molecule has 3 atom stereocenters. The van der Waals surface area contributed by atoms with E-state index in [9.17, 15) is 19.8 Å². The molecule has 2 N–H and O–H groups in total. The number of likely N-dealkylation sites (tertiary alicyclic amines) is 1. The normalized spacial score (nSPS) is 20.2. The fourth-order valence-electron chi connectivity index (χ4n) is 6.03. The number of ether oxygens (including phenoxy) is 2. The summed E-state index contributed by atoms with van der Waals surface area (Å²) < 4.78 is 11.7. The number of carboxylic acids is 1. The lowest BCUT2D eigenvalue weighted by atomic mass is 9.83. The zero-order chi connectivity index (χ0) is 28.5. The number of aliphatic hydroxyl groups is 1. The standard InChI is InChI=1S/C32H44N2O6/c1-3-5-15-33(16-6-4-2)30(36)21-34-20-26(23-11-12-29-24(19-23)13-17-39-29)31(32(37)38)27(34)14-18-40-28-10-8-7-9-25(28)22-35/h7-12,19,26-27,31,35H,3-6,13-18,20-22H2,1-2H3,(H,37,38)/t26-,27+,31-/m1/s1. The fourth-order valence-corrected chi connectivity index (χ4v) is 6.03. The van der Waals surface area contributed by atoms with Crippen LogP contribution in [0.15, 0.2) is 42.5 Å². The van der Waals surface area contributed by atoms with Gasteiger partial charge in [-0.05, 0) is 42.5 Å². The van der Waals surface area contributed by atoms with Crippen molar-refractivity contribution in [3.8, 4) is 11.5 Å². The lowest BCUT2D eigenvalue weighted by Crippen LogP contribution is -2.45. The molecule has 0 unspecified atom stereocenters. The van der Waals surface area contributed by atoms with E-state index in [1.54, 1.807) is 0 Å². The fraction of sp³-hybridized carbons (Fsp3) is 0.562. The maximum Gasteiger partial charge on any atom is 0.308 e. The van der Waals surface area contributed by atoms with Crippen molar-refractivity contribution < 1.29 is 29.3 Å². The van der Waals surface area contributed by atoms with Crippen LogP contribution in [0, 0.1) is 5.92 Å². The molecule has 1 saturated heterocycles. The minimum absolute atomic E-state index is 0.0607. The van der Waals surface area contributed by atoms with Crippen molar-refractivity contribution in [2.75, 3.05) is 39.4 Å². The smallest absolute Gasteiger partial charge is 0.308 e. The molecule has 0 aliphatic carbocycles. The summed E-state index contributed by atoms with van der Waals surface area (Å²) in [5, 5.41) is 20.2. The molecule has 2 heterocycles. The summed E-state index contributed by atoms with van der Waals surface area (Å²) >= 11 is 0. The molecule has 4 rings (SSSR count). The lowest BCUT2D eigenvalue weighted by Gasteiger charge is -2.30. The van der Waals surface area contributed by atoms with E-state index in [2.05, 4.69) is 24.8 Å². The average molecular weight is 553 g/mol. The van der Waals surface area contributed by atoms with Crippen molar-refractivity contribution >= 4 is 11.9 Å². The average Bonchev–Trinajstić information content (AvgIpc) is 3.57. The summed E-state index contributed by atoms with van der Waals surface area (Å²) in [5.41, 5.74) is 2.79. The van der Waals surface area contributed by atoms with Crippen LogP contribution < -0.4 is 9.47 Å². The maximum atomic E-state index is 13.6. The van der Waals surface area contributed by atoms with Gasteiger partial charge in [0.05, 0.1) is 32.3 Å². The minimum atomic E-state index is -0.855. The number of para-hydroxylation sites is 1. The minimum Gasteiger partial charge on any atom is -0.493 e. The van der Waals surface area contributed by atoms with E-state index in [-0.39, 0.29) is 37.6 Å². The Morgan fingerprint density at radius 2 is 1.85 bits per heavy atom. The summed E-state index contributed by atoms with van der Waals surface area (Å²) in [6.45, 7) is 7.19. The highest BCUT2D eigenvalue weighted by atomic mass is 16.5. The first kappa shape index (κ1) is 29.9. The van der Waals surface area contributed by atoms with E-state index in [1.165, 1.54) is 0 Å². The molecule has 2 aromatic carbocycles. The van der Waals surface area contributed by atoms with Gasteiger partial charge in [0, 0.05) is 43.6 Å². The van der Waals surface area contributed by atoms with Gasteiger partial charge in [-0.15, -0.1) is 0 Å². The van der Waals surface area contributed by atoms with Crippen LogP contribution in [0.1, 0.15) is 68.6 Å². The molecule has 0 radical (unpaired) electrons. The number of carbonyl (C=O) groups excluding carboxylic acids is 1. The number of hydrogen-bond donors (Lipinski definition) is 2. The zero-order valence-electron chi connectivity index (χ0n) is 23.9. The van der Waals surface area contributed by atoms with E-state index in [0.717, 1.165) is 62.1 Å². The first-order valence-corrected chi connectivity index (χ1v) is 14.8. The molecular formula is C32H44N2O6. The van der Waals surface area contributed by atoms with E-state index >= 15 is 0 Å². The van der Waals surface area contributed by atoms with Gasteiger partial charge in [0.15, 0.2) is 0 Å². The predicted octanol–water partition coefficient (Wildman–Crippen LogP) is 4.48. The third-order valence-electron chi connectivity index (χ3n) is 8.24. The van der Waals surface area contributed by atoms with Gasteiger partial charge in [0.1, 0.15) is 11.5 Å². The Hall–Kier alpha value is -3.10. The molecule has 218 valence electrons. The Morgan fingerprint density at radius 1 is 1.10 bits per heavy atom. The number of fused-ring (bicyclic) bond motifs is 1. The first-order chi connectivity index (χ1) is 19.5. The molecule has 2 aliphatic rings. The SMILES string of the molecule is CCCCN(CCCC)C(=O)CN1C[C@H](c2ccc3c(c2)CCO3)[C@@H](C(=O)O)[C@@H]1CCOc1ccccc1CO. The van der Waals surface area contributed by atoms with Gasteiger partial charge in [-0.3, -0.25) is 14.5 Å². The summed E-state index contributed by atoms with van der Waals surface area (Å²) in [4.78, 5) is 30.4. The van der Waals surface area contributed by atoms with Gasteiger partial charge in [0.2, 0.25) is 5.91 Å². The second-order valence-electron chi connectivity index (χ2n) is 10.9. The highest BCUT2D eigenvalue weighted by Crippen LogP contribution is 2.41. The maximum absolute atomic E-state index is 13.6. The number of hydrogen-bond acceptors (Lipinski definition) is 6. The molecule has 1 fully saturated rings.